The van der Waals surface area contributed by atoms with Gasteiger partial charge in [-0.05, 0) is 32.6 Å². The molecular formula is C13H24F3NO. The molecule has 5 heteroatoms. The Hall–Kier alpha value is -0.290. The van der Waals surface area contributed by atoms with Crippen molar-refractivity contribution in [2.45, 2.75) is 76.0 Å². The van der Waals surface area contributed by atoms with E-state index in [9.17, 15) is 18.3 Å². The molecule has 1 rings (SSSR count). The van der Waals surface area contributed by atoms with E-state index in [2.05, 4.69) is 5.32 Å². The maximum absolute atomic E-state index is 12.1. The van der Waals surface area contributed by atoms with Crippen LogP contribution in [0.3, 0.4) is 0 Å². The summed E-state index contributed by atoms with van der Waals surface area (Å²) in [6, 6.07) is 0.349. The van der Waals surface area contributed by atoms with E-state index in [1.165, 1.54) is 19.3 Å². The monoisotopic (exact) mass is 267 g/mol. The van der Waals surface area contributed by atoms with Crippen LogP contribution in [0.15, 0.2) is 0 Å². The predicted octanol–water partition coefficient (Wildman–Crippen LogP) is 3.39. The van der Waals surface area contributed by atoms with Gasteiger partial charge in [0.15, 0.2) is 0 Å². The molecule has 0 heterocycles. The van der Waals surface area contributed by atoms with E-state index in [1.54, 1.807) is 0 Å². The standard InChI is InChI=1S/C13H24F3NO/c1-12(10-18,8-5-9-13(14,15)16)17-11-6-3-2-4-7-11/h11,17-18H,2-10H2,1H3. The largest absolute Gasteiger partial charge is 0.394 e. The third-order valence-corrected chi connectivity index (χ3v) is 3.70. The number of halogens is 3. The Labute approximate surface area is 107 Å². The number of nitrogens with one attached hydrogen (secondary N) is 1. The fourth-order valence-corrected chi connectivity index (χ4v) is 2.62. The fraction of sp³-hybridized carbons (Fsp3) is 1.00. The summed E-state index contributed by atoms with van der Waals surface area (Å²) in [5.74, 6) is 0. The summed E-state index contributed by atoms with van der Waals surface area (Å²) in [5, 5.41) is 12.8. The van der Waals surface area contributed by atoms with Crippen molar-refractivity contribution in [2.75, 3.05) is 6.61 Å². The van der Waals surface area contributed by atoms with Crippen LogP contribution in [-0.4, -0.2) is 29.5 Å². The number of rotatable bonds is 6. The average Bonchev–Trinajstić information content (AvgIpc) is 2.28. The highest BCUT2D eigenvalue weighted by Gasteiger charge is 2.31. The predicted molar refractivity (Wildman–Crippen MR) is 65.4 cm³/mol. The summed E-state index contributed by atoms with van der Waals surface area (Å²) in [7, 11) is 0. The molecular weight excluding hydrogens is 243 g/mol. The number of hydrogen-bond donors (Lipinski definition) is 2. The van der Waals surface area contributed by atoms with E-state index < -0.39 is 18.1 Å². The van der Waals surface area contributed by atoms with Gasteiger partial charge in [0, 0.05) is 18.0 Å². The van der Waals surface area contributed by atoms with Crippen LogP contribution in [0.5, 0.6) is 0 Å². The molecule has 1 aliphatic carbocycles. The van der Waals surface area contributed by atoms with Crippen LogP contribution >= 0.6 is 0 Å². The normalized spacial score (nSPS) is 21.8. The summed E-state index contributed by atoms with van der Waals surface area (Å²) in [5.41, 5.74) is -0.576. The zero-order valence-corrected chi connectivity index (χ0v) is 11.0. The Morgan fingerprint density at radius 3 is 2.22 bits per heavy atom. The van der Waals surface area contributed by atoms with Gasteiger partial charge >= 0.3 is 6.18 Å². The van der Waals surface area contributed by atoms with Gasteiger partial charge in [-0.15, -0.1) is 0 Å². The second-order valence-corrected chi connectivity index (χ2v) is 5.67. The topological polar surface area (TPSA) is 32.3 Å². The van der Waals surface area contributed by atoms with Gasteiger partial charge in [0.2, 0.25) is 0 Å². The molecule has 18 heavy (non-hydrogen) atoms. The SMILES string of the molecule is CC(CO)(CCCC(F)(F)F)NC1CCCCC1. The summed E-state index contributed by atoms with van der Waals surface area (Å²) in [4.78, 5) is 0. The molecule has 2 nitrogen and oxygen atoms in total. The molecule has 2 N–H and O–H groups in total. The van der Waals surface area contributed by atoms with Gasteiger partial charge in [0.05, 0.1) is 6.61 Å². The minimum absolute atomic E-state index is 0.0697. The molecule has 0 bridgehead atoms. The molecule has 1 unspecified atom stereocenters. The first-order valence-corrected chi connectivity index (χ1v) is 6.80. The molecule has 1 saturated carbocycles. The van der Waals surface area contributed by atoms with Crippen molar-refractivity contribution in [3.8, 4) is 0 Å². The second kappa shape index (κ2) is 6.75. The van der Waals surface area contributed by atoms with Crippen LogP contribution < -0.4 is 5.32 Å². The molecule has 0 aromatic carbocycles. The van der Waals surface area contributed by atoms with Crippen LogP contribution in [0.1, 0.15) is 58.3 Å². The lowest BCUT2D eigenvalue weighted by molar-refractivity contribution is -0.136. The minimum Gasteiger partial charge on any atom is -0.394 e. The van der Waals surface area contributed by atoms with Gasteiger partial charge in [-0.2, -0.15) is 13.2 Å². The van der Waals surface area contributed by atoms with Crippen molar-refractivity contribution < 1.29 is 18.3 Å². The highest BCUT2D eigenvalue weighted by atomic mass is 19.4. The molecule has 0 amide bonds. The van der Waals surface area contributed by atoms with Crippen molar-refractivity contribution in [1.82, 2.24) is 5.32 Å². The summed E-state index contributed by atoms with van der Waals surface area (Å²) in [6.45, 7) is 1.71. The van der Waals surface area contributed by atoms with Crippen molar-refractivity contribution in [3.05, 3.63) is 0 Å². The Morgan fingerprint density at radius 1 is 1.11 bits per heavy atom. The van der Waals surface area contributed by atoms with Crippen LogP contribution in [0.2, 0.25) is 0 Å². The number of aliphatic hydroxyl groups excluding tert-OH is 1. The molecule has 1 atom stereocenters. The third kappa shape index (κ3) is 6.05. The van der Waals surface area contributed by atoms with Crippen molar-refractivity contribution in [3.63, 3.8) is 0 Å². The highest BCUT2D eigenvalue weighted by molar-refractivity contribution is 4.87. The zero-order chi connectivity index (χ0) is 13.6. The zero-order valence-electron chi connectivity index (χ0n) is 11.0. The molecule has 0 spiro atoms. The van der Waals surface area contributed by atoms with Gasteiger partial charge in [-0.25, -0.2) is 0 Å². The first kappa shape index (κ1) is 15.8. The quantitative estimate of drug-likeness (QED) is 0.773. The number of hydrogen-bond acceptors (Lipinski definition) is 2. The Balaban J connectivity index is 2.35. The molecule has 0 aromatic heterocycles. The maximum atomic E-state index is 12.1. The fourth-order valence-electron chi connectivity index (χ4n) is 2.62. The van der Waals surface area contributed by atoms with Gasteiger partial charge in [0.25, 0.3) is 0 Å². The van der Waals surface area contributed by atoms with E-state index in [-0.39, 0.29) is 13.0 Å². The molecule has 1 fully saturated rings. The Morgan fingerprint density at radius 2 is 1.72 bits per heavy atom. The van der Waals surface area contributed by atoms with Gasteiger partial charge in [0.1, 0.15) is 0 Å². The minimum atomic E-state index is -4.10. The van der Waals surface area contributed by atoms with Gasteiger partial charge < -0.3 is 10.4 Å². The molecule has 0 aromatic rings. The first-order valence-electron chi connectivity index (χ1n) is 6.80. The third-order valence-electron chi connectivity index (χ3n) is 3.70. The van der Waals surface area contributed by atoms with Crippen LogP contribution in [0.4, 0.5) is 13.2 Å². The Kier molecular flexibility index (Phi) is 5.92. The van der Waals surface area contributed by atoms with Crippen molar-refractivity contribution >= 4 is 0 Å². The van der Waals surface area contributed by atoms with Crippen LogP contribution in [-0.2, 0) is 0 Å². The molecule has 0 saturated heterocycles. The smallest absolute Gasteiger partial charge is 0.389 e. The second-order valence-electron chi connectivity index (χ2n) is 5.67. The van der Waals surface area contributed by atoms with E-state index >= 15 is 0 Å². The molecule has 0 aliphatic heterocycles. The lowest BCUT2D eigenvalue weighted by atomic mass is 9.89. The number of aliphatic hydroxyl groups is 1. The summed E-state index contributed by atoms with van der Waals surface area (Å²) in [6.07, 6.45) is 1.27. The Bertz CT molecular complexity index is 239. The molecule has 108 valence electrons. The lowest BCUT2D eigenvalue weighted by Crippen LogP contribution is -2.51. The highest BCUT2D eigenvalue weighted by Crippen LogP contribution is 2.26. The lowest BCUT2D eigenvalue weighted by Gasteiger charge is -2.35. The molecule has 1 aliphatic rings. The average molecular weight is 267 g/mol. The summed E-state index contributed by atoms with van der Waals surface area (Å²) >= 11 is 0. The van der Waals surface area contributed by atoms with Crippen LogP contribution in [0, 0.1) is 0 Å². The van der Waals surface area contributed by atoms with E-state index in [0.29, 0.717) is 12.5 Å². The van der Waals surface area contributed by atoms with Crippen molar-refractivity contribution in [2.24, 2.45) is 0 Å². The maximum Gasteiger partial charge on any atom is 0.389 e. The van der Waals surface area contributed by atoms with Crippen LogP contribution in [0.25, 0.3) is 0 Å². The summed E-state index contributed by atoms with van der Waals surface area (Å²) < 4.78 is 36.3. The van der Waals surface area contributed by atoms with E-state index in [1.807, 2.05) is 6.92 Å². The molecule has 0 radical (unpaired) electrons. The van der Waals surface area contributed by atoms with E-state index in [4.69, 9.17) is 0 Å². The van der Waals surface area contributed by atoms with Crippen molar-refractivity contribution in [1.29, 1.82) is 0 Å². The first-order chi connectivity index (χ1) is 8.35. The van der Waals surface area contributed by atoms with Gasteiger partial charge in [-0.3, -0.25) is 0 Å². The van der Waals surface area contributed by atoms with Gasteiger partial charge in [-0.1, -0.05) is 19.3 Å². The number of alkyl halides is 3. The van der Waals surface area contributed by atoms with E-state index in [0.717, 1.165) is 12.8 Å².